The lowest BCUT2D eigenvalue weighted by Gasteiger charge is -2.37. The molecule has 0 amide bonds. The Hall–Kier alpha value is -1.14. The van der Waals surface area contributed by atoms with E-state index in [1.165, 1.54) is 35.8 Å². The third-order valence-corrected chi connectivity index (χ3v) is 5.61. The second-order valence-electron chi connectivity index (χ2n) is 5.64. The molecule has 2 aromatic rings. The van der Waals surface area contributed by atoms with Crippen LogP contribution in [0.15, 0.2) is 0 Å². The summed E-state index contributed by atoms with van der Waals surface area (Å²) in [7, 11) is 1.98. The number of thiazole rings is 1. The van der Waals surface area contributed by atoms with Crippen molar-refractivity contribution >= 4 is 26.8 Å². The Morgan fingerprint density at radius 3 is 3.00 bits per heavy atom. The molecular weight excluding hydrogens is 258 g/mol. The Kier molecular flexibility index (Phi) is 2.57. The van der Waals surface area contributed by atoms with Crippen LogP contribution in [0.3, 0.4) is 0 Å². The molecular formula is C13H19N5S. The van der Waals surface area contributed by atoms with E-state index in [1.807, 2.05) is 11.7 Å². The van der Waals surface area contributed by atoms with E-state index >= 15 is 0 Å². The lowest BCUT2D eigenvalue weighted by Crippen LogP contribution is -2.50. The highest BCUT2D eigenvalue weighted by atomic mass is 32.1. The van der Waals surface area contributed by atoms with Crippen molar-refractivity contribution in [3.05, 3.63) is 5.69 Å². The van der Waals surface area contributed by atoms with Crippen LogP contribution in [-0.4, -0.2) is 51.9 Å². The molecule has 0 radical (unpaired) electrons. The lowest BCUT2D eigenvalue weighted by atomic mass is 10.2. The van der Waals surface area contributed by atoms with Crippen molar-refractivity contribution in [1.82, 2.24) is 19.7 Å². The van der Waals surface area contributed by atoms with Gasteiger partial charge in [-0.2, -0.15) is 5.10 Å². The van der Waals surface area contributed by atoms with E-state index in [-0.39, 0.29) is 0 Å². The molecule has 5 nitrogen and oxygen atoms in total. The fraction of sp³-hybridized carbons (Fsp3) is 0.692. The van der Waals surface area contributed by atoms with Crippen LogP contribution >= 0.6 is 11.3 Å². The first kappa shape index (κ1) is 11.7. The third kappa shape index (κ3) is 1.77. The molecule has 0 spiro atoms. The largest absolute Gasteiger partial charge is 0.345 e. The van der Waals surface area contributed by atoms with E-state index in [9.17, 15) is 0 Å². The standard InChI is InChI=1S/C13H19N5S/c1-9-11-12(16(2)15-9)14-13(19-11)18-7-6-17-5-3-4-10(17)8-18/h10H,3-8H2,1-2H3/t10-/m0/s1. The van der Waals surface area contributed by atoms with Gasteiger partial charge >= 0.3 is 0 Å². The van der Waals surface area contributed by atoms with Gasteiger partial charge in [0.25, 0.3) is 0 Å². The van der Waals surface area contributed by atoms with E-state index < -0.39 is 0 Å². The molecule has 4 rings (SSSR count). The molecule has 0 unspecified atom stereocenters. The predicted octanol–water partition coefficient (Wildman–Crippen LogP) is 1.62. The van der Waals surface area contributed by atoms with Crippen LogP contribution in [0.4, 0.5) is 5.13 Å². The summed E-state index contributed by atoms with van der Waals surface area (Å²) in [4.78, 5) is 9.90. The molecule has 2 saturated heterocycles. The zero-order valence-corrected chi connectivity index (χ0v) is 12.3. The van der Waals surface area contributed by atoms with E-state index in [0.29, 0.717) is 0 Å². The first-order valence-corrected chi connectivity index (χ1v) is 7.83. The zero-order valence-electron chi connectivity index (χ0n) is 11.5. The number of hydrogen-bond donors (Lipinski definition) is 0. The highest BCUT2D eigenvalue weighted by Crippen LogP contribution is 2.33. The normalized spacial score (nSPS) is 24.3. The van der Waals surface area contributed by atoms with Gasteiger partial charge in [-0.05, 0) is 26.3 Å². The van der Waals surface area contributed by atoms with Crippen LogP contribution in [0.2, 0.25) is 0 Å². The Labute approximate surface area is 116 Å². The molecule has 0 saturated carbocycles. The first-order chi connectivity index (χ1) is 9.22. The average Bonchev–Trinajstić information content (AvgIpc) is 3.08. The number of rotatable bonds is 1. The molecule has 2 fully saturated rings. The quantitative estimate of drug-likeness (QED) is 0.794. The van der Waals surface area contributed by atoms with Gasteiger partial charge in [-0.1, -0.05) is 11.3 Å². The van der Waals surface area contributed by atoms with Gasteiger partial charge in [-0.25, -0.2) is 9.67 Å². The lowest BCUT2D eigenvalue weighted by molar-refractivity contribution is 0.231. The molecule has 2 aliphatic heterocycles. The smallest absolute Gasteiger partial charge is 0.188 e. The average molecular weight is 277 g/mol. The van der Waals surface area contributed by atoms with Crippen molar-refractivity contribution in [3.8, 4) is 0 Å². The van der Waals surface area contributed by atoms with Crippen LogP contribution < -0.4 is 4.90 Å². The first-order valence-electron chi connectivity index (χ1n) is 7.01. The number of aromatic nitrogens is 3. The molecule has 4 heterocycles. The van der Waals surface area contributed by atoms with Gasteiger partial charge in [0.2, 0.25) is 0 Å². The van der Waals surface area contributed by atoms with Crippen molar-refractivity contribution < 1.29 is 0 Å². The summed E-state index contributed by atoms with van der Waals surface area (Å²) in [6, 6.07) is 0.750. The van der Waals surface area contributed by atoms with Gasteiger partial charge in [0.1, 0.15) is 0 Å². The molecule has 0 aliphatic carbocycles. The predicted molar refractivity (Wildman–Crippen MR) is 77.9 cm³/mol. The Morgan fingerprint density at radius 2 is 2.16 bits per heavy atom. The molecule has 0 aromatic carbocycles. The van der Waals surface area contributed by atoms with Crippen molar-refractivity contribution in [2.24, 2.45) is 7.05 Å². The van der Waals surface area contributed by atoms with Gasteiger partial charge in [0.05, 0.1) is 10.4 Å². The van der Waals surface area contributed by atoms with E-state index in [2.05, 4.69) is 21.8 Å². The van der Waals surface area contributed by atoms with Crippen LogP contribution in [0.1, 0.15) is 18.5 Å². The number of hydrogen-bond acceptors (Lipinski definition) is 5. The maximum Gasteiger partial charge on any atom is 0.188 e. The second-order valence-corrected chi connectivity index (χ2v) is 6.61. The summed E-state index contributed by atoms with van der Waals surface area (Å²) in [5, 5.41) is 5.61. The second kappa shape index (κ2) is 4.18. The third-order valence-electron chi connectivity index (χ3n) is 4.39. The van der Waals surface area contributed by atoms with Crippen molar-refractivity contribution in [2.75, 3.05) is 31.1 Å². The molecule has 102 valence electrons. The molecule has 6 heteroatoms. The SMILES string of the molecule is Cc1nn(C)c2nc(N3CCN4CCC[C@H]4C3)sc12. The molecule has 1 atom stereocenters. The maximum atomic E-state index is 4.80. The van der Waals surface area contributed by atoms with E-state index in [4.69, 9.17) is 4.98 Å². The van der Waals surface area contributed by atoms with Crippen molar-refractivity contribution in [3.63, 3.8) is 0 Å². The molecule has 19 heavy (non-hydrogen) atoms. The van der Waals surface area contributed by atoms with Crippen LogP contribution in [0.25, 0.3) is 10.3 Å². The van der Waals surface area contributed by atoms with E-state index in [1.54, 1.807) is 11.3 Å². The summed E-state index contributed by atoms with van der Waals surface area (Å²) in [6.07, 6.45) is 2.71. The Morgan fingerprint density at radius 1 is 1.26 bits per heavy atom. The molecule has 2 aliphatic rings. The zero-order chi connectivity index (χ0) is 13.0. The Bertz CT molecular complexity index is 581. The number of anilines is 1. The summed E-state index contributed by atoms with van der Waals surface area (Å²) in [5.74, 6) is 0. The number of fused-ring (bicyclic) bond motifs is 2. The highest BCUT2D eigenvalue weighted by molar-refractivity contribution is 7.22. The number of piperazine rings is 1. The fourth-order valence-electron chi connectivity index (χ4n) is 3.37. The van der Waals surface area contributed by atoms with E-state index in [0.717, 1.165) is 30.5 Å². The van der Waals surface area contributed by atoms with Crippen LogP contribution in [-0.2, 0) is 7.05 Å². The molecule has 2 aromatic heterocycles. The van der Waals surface area contributed by atoms with Crippen molar-refractivity contribution in [2.45, 2.75) is 25.8 Å². The summed E-state index contributed by atoms with van der Waals surface area (Å²) in [5.41, 5.74) is 2.13. The monoisotopic (exact) mass is 277 g/mol. The van der Waals surface area contributed by atoms with Gasteiger partial charge in [0, 0.05) is 32.7 Å². The summed E-state index contributed by atoms with van der Waals surface area (Å²) < 4.78 is 3.14. The minimum atomic E-state index is 0.750. The summed E-state index contributed by atoms with van der Waals surface area (Å²) in [6.45, 7) is 6.81. The number of nitrogens with zero attached hydrogens (tertiary/aromatic N) is 5. The minimum Gasteiger partial charge on any atom is -0.345 e. The summed E-state index contributed by atoms with van der Waals surface area (Å²) >= 11 is 1.80. The molecule has 0 bridgehead atoms. The van der Waals surface area contributed by atoms with Gasteiger partial charge in [0.15, 0.2) is 10.8 Å². The maximum absolute atomic E-state index is 4.80. The van der Waals surface area contributed by atoms with Crippen LogP contribution in [0, 0.1) is 6.92 Å². The fourth-order valence-corrected chi connectivity index (χ4v) is 4.44. The van der Waals surface area contributed by atoms with Gasteiger partial charge in [-0.3, -0.25) is 4.90 Å². The van der Waals surface area contributed by atoms with Gasteiger partial charge < -0.3 is 4.90 Å². The minimum absolute atomic E-state index is 0.750. The molecule has 0 N–H and O–H groups in total. The van der Waals surface area contributed by atoms with Crippen molar-refractivity contribution in [1.29, 1.82) is 0 Å². The number of aryl methyl sites for hydroxylation is 2. The Balaban J connectivity index is 1.65. The van der Waals surface area contributed by atoms with Gasteiger partial charge in [-0.15, -0.1) is 0 Å². The van der Waals surface area contributed by atoms with Crippen LogP contribution in [0.5, 0.6) is 0 Å². The highest BCUT2D eigenvalue weighted by Gasteiger charge is 2.31. The topological polar surface area (TPSA) is 37.2 Å².